The minimum atomic E-state index is -0.986. The minimum Gasteiger partial charge on any atom is -0.449 e. The van der Waals surface area contributed by atoms with E-state index in [-0.39, 0.29) is 5.88 Å². The summed E-state index contributed by atoms with van der Waals surface area (Å²) < 4.78 is 10.3. The molecule has 3 aromatic rings. The molecule has 0 saturated heterocycles. The van der Waals surface area contributed by atoms with Gasteiger partial charge in [0, 0.05) is 15.8 Å². The van der Waals surface area contributed by atoms with Crippen molar-refractivity contribution in [1.29, 1.82) is 0 Å². The van der Waals surface area contributed by atoms with Gasteiger partial charge in [0.15, 0.2) is 6.10 Å². The van der Waals surface area contributed by atoms with Crippen LogP contribution < -0.4 is 5.32 Å². The van der Waals surface area contributed by atoms with Crippen molar-refractivity contribution >= 4 is 52.1 Å². The van der Waals surface area contributed by atoms with Gasteiger partial charge in [-0.2, -0.15) is 0 Å². The molecule has 0 aliphatic rings. The monoisotopic (exact) mass is 388 g/mol. The summed E-state index contributed by atoms with van der Waals surface area (Å²) in [5, 5.41) is 10.0. The largest absolute Gasteiger partial charge is 0.449 e. The van der Waals surface area contributed by atoms with E-state index >= 15 is 0 Å². The van der Waals surface area contributed by atoms with E-state index in [2.05, 4.69) is 10.5 Å². The summed E-state index contributed by atoms with van der Waals surface area (Å²) in [6.45, 7) is 3.25. The maximum Gasteiger partial charge on any atom is 0.340 e. The third-order valence-electron chi connectivity index (χ3n) is 3.36. The van der Waals surface area contributed by atoms with Crippen molar-refractivity contribution in [1.82, 2.24) is 5.16 Å². The molecule has 0 bridgehead atoms. The van der Waals surface area contributed by atoms with Crippen molar-refractivity contribution in [3.05, 3.63) is 56.5 Å². The van der Waals surface area contributed by atoms with Crippen LogP contribution in [0.2, 0.25) is 0 Å². The zero-order valence-corrected chi connectivity index (χ0v) is 15.7. The van der Waals surface area contributed by atoms with Crippen LogP contribution >= 0.6 is 22.7 Å². The minimum absolute atomic E-state index is 0.211. The van der Waals surface area contributed by atoms with Crippen LogP contribution in [0.25, 0.3) is 11.6 Å². The number of hydrogen-bond acceptors (Lipinski definition) is 7. The average molecular weight is 388 g/mol. The second kappa shape index (κ2) is 8.11. The summed E-state index contributed by atoms with van der Waals surface area (Å²) in [6, 6.07) is 9.10. The zero-order chi connectivity index (χ0) is 18.5. The number of thiophene rings is 2. The Labute approximate surface area is 158 Å². The first kappa shape index (κ1) is 18.1. The van der Waals surface area contributed by atoms with E-state index in [1.807, 2.05) is 35.0 Å². The highest BCUT2D eigenvalue weighted by atomic mass is 32.1. The Kier molecular flexibility index (Phi) is 5.65. The molecule has 0 radical (unpaired) electrons. The number of anilines is 1. The van der Waals surface area contributed by atoms with E-state index in [0.29, 0.717) is 11.3 Å². The number of aromatic nitrogens is 1. The van der Waals surface area contributed by atoms with Gasteiger partial charge in [0.2, 0.25) is 5.88 Å². The molecule has 0 unspecified atom stereocenters. The van der Waals surface area contributed by atoms with Crippen LogP contribution in [0.4, 0.5) is 5.88 Å². The lowest BCUT2D eigenvalue weighted by molar-refractivity contribution is -0.147. The standard InChI is InChI=1S/C18H16N2O4S2/c1-11-9-16(24-20-11)19-17(21)12(2)23-18(22)14(15-6-4-8-26-15)10-13-5-3-7-25-13/h3-10,12H,1-2H3,(H,19,21)/b14-10-/t12-/m1/s1. The highest BCUT2D eigenvalue weighted by Crippen LogP contribution is 2.26. The number of carbonyl (C=O) groups excluding carboxylic acids is 2. The molecule has 1 amide bonds. The van der Waals surface area contributed by atoms with Crippen molar-refractivity contribution in [3.63, 3.8) is 0 Å². The third kappa shape index (κ3) is 4.47. The molecule has 8 heteroatoms. The molecule has 0 spiro atoms. The topological polar surface area (TPSA) is 81.4 Å². The Morgan fingerprint density at radius 2 is 2.04 bits per heavy atom. The number of aryl methyl sites for hydroxylation is 1. The first-order valence-electron chi connectivity index (χ1n) is 7.77. The maximum absolute atomic E-state index is 12.6. The number of amides is 1. The Balaban J connectivity index is 1.72. The van der Waals surface area contributed by atoms with Crippen LogP contribution in [0, 0.1) is 6.92 Å². The normalized spacial score (nSPS) is 12.6. The maximum atomic E-state index is 12.6. The second-order valence-electron chi connectivity index (χ2n) is 5.42. The molecular formula is C18H16N2O4S2. The van der Waals surface area contributed by atoms with Gasteiger partial charge in [0.25, 0.3) is 5.91 Å². The van der Waals surface area contributed by atoms with Crippen molar-refractivity contribution in [3.8, 4) is 0 Å². The van der Waals surface area contributed by atoms with Gasteiger partial charge >= 0.3 is 5.97 Å². The van der Waals surface area contributed by atoms with Gasteiger partial charge in [-0.3, -0.25) is 10.1 Å². The lowest BCUT2D eigenvalue weighted by atomic mass is 10.2. The number of nitrogens with one attached hydrogen (secondary N) is 1. The summed E-state index contributed by atoms with van der Waals surface area (Å²) >= 11 is 2.95. The van der Waals surface area contributed by atoms with Crippen LogP contribution in [-0.2, 0) is 14.3 Å². The number of nitrogens with zero attached hydrogens (tertiary/aromatic N) is 1. The Bertz CT molecular complexity index is 911. The summed E-state index contributed by atoms with van der Waals surface area (Å²) in [5.74, 6) is -0.837. The Morgan fingerprint density at radius 3 is 2.65 bits per heavy atom. The predicted molar refractivity (Wildman–Crippen MR) is 102 cm³/mol. The summed E-state index contributed by atoms with van der Waals surface area (Å²) in [4.78, 5) is 26.5. The zero-order valence-electron chi connectivity index (χ0n) is 14.1. The van der Waals surface area contributed by atoms with E-state index in [0.717, 1.165) is 9.75 Å². The smallest absolute Gasteiger partial charge is 0.340 e. The molecule has 26 heavy (non-hydrogen) atoms. The molecule has 0 fully saturated rings. The fourth-order valence-electron chi connectivity index (χ4n) is 2.10. The average Bonchev–Trinajstić information content (AvgIpc) is 3.35. The third-order valence-corrected chi connectivity index (χ3v) is 5.09. The Hall–Kier alpha value is -2.71. The fraction of sp³-hybridized carbons (Fsp3) is 0.167. The van der Waals surface area contributed by atoms with Crippen molar-refractivity contribution in [2.24, 2.45) is 0 Å². The van der Waals surface area contributed by atoms with Crippen LogP contribution in [0.5, 0.6) is 0 Å². The summed E-state index contributed by atoms with van der Waals surface area (Å²) in [5.41, 5.74) is 1.06. The molecule has 1 N–H and O–H groups in total. The van der Waals surface area contributed by atoms with Crippen LogP contribution in [0.1, 0.15) is 22.4 Å². The number of rotatable bonds is 6. The van der Waals surface area contributed by atoms with Gasteiger partial charge in [0.1, 0.15) is 0 Å². The summed E-state index contributed by atoms with van der Waals surface area (Å²) in [7, 11) is 0. The molecule has 0 aliphatic heterocycles. The number of ether oxygens (including phenoxy) is 1. The van der Waals surface area contributed by atoms with Gasteiger partial charge in [-0.1, -0.05) is 17.3 Å². The lowest BCUT2D eigenvalue weighted by Crippen LogP contribution is -2.30. The van der Waals surface area contributed by atoms with Crippen LogP contribution in [0.15, 0.2) is 45.6 Å². The van der Waals surface area contributed by atoms with Gasteiger partial charge in [0.05, 0.1) is 11.3 Å². The van der Waals surface area contributed by atoms with E-state index in [1.165, 1.54) is 29.6 Å². The second-order valence-corrected chi connectivity index (χ2v) is 7.35. The fourth-order valence-corrected chi connectivity index (χ4v) is 3.49. The van der Waals surface area contributed by atoms with Gasteiger partial charge in [-0.05, 0) is 42.8 Å². The number of carbonyl (C=O) groups is 2. The molecule has 0 aromatic carbocycles. The molecule has 0 saturated carbocycles. The molecule has 3 heterocycles. The molecule has 134 valence electrons. The molecule has 3 rings (SSSR count). The molecular weight excluding hydrogens is 372 g/mol. The molecule has 0 aliphatic carbocycles. The van der Waals surface area contributed by atoms with Crippen molar-refractivity contribution < 1.29 is 18.8 Å². The first-order valence-corrected chi connectivity index (χ1v) is 9.53. The van der Waals surface area contributed by atoms with E-state index < -0.39 is 18.0 Å². The molecule has 3 aromatic heterocycles. The SMILES string of the molecule is Cc1cc(NC(=O)[C@@H](C)OC(=O)/C(=C\c2cccs2)c2cccs2)on1. The van der Waals surface area contributed by atoms with Gasteiger partial charge in [-0.15, -0.1) is 22.7 Å². The van der Waals surface area contributed by atoms with Gasteiger partial charge in [-0.25, -0.2) is 4.79 Å². The van der Waals surface area contributed by atoms with E-state index in [9.17, 15) is 9.59 Å². The van der Waals surface area contributed by atoms with E-state index in [4.69, 9.17) is 9.26 Å². The molecule has 1 atom stereocenters. The van der Waals surface area contributed by atoms with Gasteiger partial charge < -0.3 is 9.26 Å². The van der Waals surface area contributed by atoms with Crippen LogP contribution in [-0.4, -0.2) is 23.1 Å². The lowest BCUT2D eigenvalue weighted by Gasteiger charge is -2.13. The first-order chi connectivity index (χ1) is 12.5. The highest BCUT2D eigenvalue weighted by Gasteiger charge is 2.23. The molecule has 6 nitrogen and oxygen atoms in total. The van der Waals surface area contributed by atoms with Crippen molar-refractivity contribution in [2.45, 2.75) is 20.0 Å². The highest BCUT2D eigenvalue weighted by molar-refractivity contribution is 7.12. The van der Waals surface area contributed by atoms with Crippen molar-refractivity contribution in [2.75, 3.05) is 5.32 Å². The predicted octanol–water partition coefficient (Wildman–Crippen LogP) is 4.22. The summed E-state index contributed by atoms with van der Waals surface area (Å²) in [6.07, 6.45) is 0.781. The Morgan fingerprint density at radius 1 is 1.27 bits per heavy atom. The van der Waals surface area contributed by atoms with E-state index in [1.54, 1.807) is 19.1 Å². The quantitative estimate of drug-likeness (QED) is 0.505. The number of hydrogen-bond donors (Lipinski definition) is 1. The number of esters is 1. The van der Waals surface area contributed by atoms with Crippen LogP contribution in [0.3, 0.4) is 0 Å².